The van der Waals surface area contributed by atoms with E-state index in [0.717, 1.165) is 49.8 Å². The van der Waals surface area contributed by atoms with Crippen molar-refractivity contribution in [1.82, 2.24) is 34.4 Å². The zero-order valence-corrected chi connectivity index (χ0v) is 23.4. The van der Waals surface area contributed by atoms with Gasteiger partial charge in [0, 0.05) is 41.5 Å². The highest BCUT2D eigenvalue weighted by Gasteiger charge is 2.14. The van der Waals surface area contributed by atoms with Gasteiger partial charge < -0.3 is 9.55 Å². The number of allylic oxidation sites excluding steroid dienone is 2. The number of benzene rings is 1. The molecule has 7 nitrogen and oxygen atoms in total. The topological polar surface area (TPSA) is 87.2 Å². The molecular formula is C30H32FN7S. The fourth-order valence-corrected chi connectivity index (χ4v) is 4.97. The minimum Gasteiger partial charge on any atom is -0.353 e. The fourth-order valence-electron chi connectivity index (χ4n) is 4.46. The molecule has 0 radical (unpaired) electrons. The number of aryl methyl sites for hydroxylation is 1. The number of aromatic nitrogens is 6. The molecule has 0 fully saturated rings. The fraction of sp³-hybridized carbons (Fsp3) is 0.167. The predicted octanol–water partition coefficient (Wildman–Crippen LogP) is 4.40. The van der Waals surface area contributed by atoms with Gasteiger partial charge in [-0.05, 0) is 67.6 Å². The summed E-state index contributed by atoms with van der Waals surface area (Å²) >= 11 is 0. The van der Waals surface area contributed by atoms with Crippen molar-refractivity contribution in [3.05, 3.63) is 82.3 Å². The number of hydrogen-bond donors (Lipinski definition) is 3. The highest BCUT2D eigenvalue weighted by Crippen LogP contribution is 2.30. The number of fused-ring (bicyclic) bond motifs is 1. The van der Waals surface area contributed by atoms with Crippen molar-refractivity contribution in [2.75, 3.05) is 6.26 Å². The van der Waals surface area contributed by atoms with Gasteiger partial charge >= 0.3 is 0 Å². The zero-order chi connectivity index (χ0) is 27.9. The molecule has 0 aliphatic heterocycles. The largest absolute Gasteiger partial charge is 0.353 e. The molecule has 0 saturated heterocycles. The van der Waals surface area contributed by atoms with Gasteiger partial charge in [0.2, 0.25) is 0 Å². The third kappa shape index (κ3) is 5.50. The maximum atomic E-state index is 14.6. The van der Waals surface area contributed by atoms with Crippen molar-refractivity contribution < 1.29 is 4.39 Å². The Labute approximate surface area is 227 Å². The number of pyridine rings is 1. The number of aromatic amines is 2. The molecule has 0 spiro atoms. The minimum atomic E-state index is -1.42. The first-order valence-electron chi connectivity index (χ1n) is 12.4. The summed E-state index contributed by atoms with van der Waals surface area (Å²) < 4.78 is 19.9. The normalized spacial score (nSPS) is 13.1. The molecule has 200 valence electrons. The number of hydrogen-bond acceptors (Lipinski definition) is 4. The molecule has 1 aromatic carbocycles. The molecule has 0 unspecified atom stereocenters. The first-order chi connectivity index (χ1) is 18.5. The molecule has 0 amide bonds. The SMILES string of the molecule is C=c1c(-c2cc3c(-c4cc(F)cc(CNS(=C)(=C)C)c4)nccc3[nH]2)n[nH]/c1=C/C=C(\C)c1cnc(C)n1C. The van der Waals surface area contributed by atoms with E-state index in [2.05, 4.69) is 52.8 Å². The molecule has 4 aromatic heterocycles. The molecule has 0 aliphatic rings. The summed E-state index contributed by atoms with van der Waals surface area (Å²) in [5, 5.41) is 10.1. The second-order valence-corrected chi connectivity index (χ2v) is 12.8. The number of imidazole rings is 1. The summed E-state index contributed by atoms with van der Waals surface area (Å²) in [6.07, 6.45) is 9.53. The van der Waals surface area contributed by atoms with Crippen LogP contribution in [-0.2, 0) is 13.6 Å². The van der Waals surface area contributed by atoms with Crippen LogP contribution in [0.1, 0.15) is 24.0 Å². The van der Waals surface area contributed by atoms with Crippen molar-refractivity contribution in [1.29, 1.82) is 0 Å². The number of nitrogens with zero attached hydrogens (tertiary/aromatic N) is 4. The predicted molar refractivity (Wildman–Crippen MR) is 164 cm³/mol. The van der Waals surface area contributed by atoms with Crippen LogP contribution < -0.4 is 15.3 Å². The Bertz CT molecular complexity index is 1960. The Morgan fingerprint density at radius 2 is 1.97 bits per heavy atom. The van der Waals surface area contributed by atoms with Crippen LogP contribution in [0.25, 0.3) is 51.8 Å². The number of H-pyrrole nitrogens is 2. The van der Waals surface area contributed by atoms with Crippen molar-refractivity contribution in [3.63, 3.8) is 0 Å². The molecule has 0 atom stereocenters. The van der Waals surface area contributed by atoms with E-state index in [0.29, 0.717) is 23.5 Å². The first kappa shape index (κ1) is 26.4. The smallest absolute Gasteiger partial charge is 0.124 e. The van der Waals surface area contributed by atoms with Crippen molar-refractivity contribution >= 4 is 50.3 Å². The Morgan fingerprint density at radius 1 is 1.18 bits per heavy atom. The highest BCUT2D eigenvalue weighted by atomic mass is 32.2. The van der Waals surface area contributed by atoms with Crippen molar-refractivity contribution in [2.24, 2.45) is 7.05 Å². The third-order valence-electron chi connectivity index (χ3n) is 6.68. The summed E-state index contributed by atoms with van der Waals surface area (Å²) in [4.78, 5) is 12.4. The average molecular weight is 542 g/mol. The Hall–Kier alpha value is -4.21. The van der Waals surface area contributed by atoms with E-state index in [9.17, 15) is 4.39 Å². The van der Waals surface area contributed by atoms with Crippen LogP contribution in [0.2, 0.25) is 0 Å². The van der Waals surface area contributed by atoms with Crippen molar-refractivity contribution in [3.8, 4) is 22.6 Å². The van der Waals surface area contributed by atoms with Gasteiger partial charge in [-0.3, -0.25) is 14.8 Å². The summed E-state index contributed by atoms with van der Waals surface area (Å²) in [5.74, 6) is 8.71. The monoisotopic (exact) mass is 541 g/mol. The zero-order valence-electron chi connectivity index (χ0n) is 22.6. The van der Waals surface area contributed by atoms with E-state index in [-0.39, 0.29) is 5.82 Å². The molecule has 5 aromatic rings. The van der Waals surface area contributed by atoms with E-state index in [1.54, 1.807) is 6.20 Å². The van der Waals surface area contributed by atoms with Crippen LogP contribution in [0.15, 0.2) is 48.8 Å². The number of nitrogens with one attached hydrogen (secondary N) is 3. The summed E-state index contributed by atoms with van der Waals surface area (Å²) in [7, 11) is 0.578. The quantitative estimate of drug-likeness (QED) is 0.267. The minimum absolute atomic E-state index is 0.319. The molecule has 5 rings (SSSR count). The molecule has 0 aliphatic carbocycles. The highest BCUT2D eigenvalue weighted by molar-refractivity contribution is 8.25. The van der Waals surface area contributed by atoms with Gasteiger partial charge in [-0.1, -0.05) is 24.4 Å². The molecule has 0 bridgehead atoms. The summed E-state index contributed by atoms with van der Waals surface area (Å²) in [5.41, 5.74) is 6.71. The van der Waals surface area contributed by atoms with Gasteiger partial charge in [0.05, 0.1) is 28.6 Å². The lowest BCUT2D eigenvalue weighted by Crippen LogP contribution is -2.21. The van der Waals surface area contributed by atoms with Gasteiger partial charge in [0.25, 0.3) is 0 Å². The third-order valence-corrected chi connectivity index (χ3v) is 7.52. The van der Waals surface area contributed by atoms with E-state index < -0.39 is 9.39 Å². The van der Waals surface area contributed by atoms with Gasteiger partial charge in [-0.15, -0.1) is 0 Å². The Morgan fingerprint density at radius 3 is 2.69 bits per heavy atom. The lowest BCUT2D eigenvalue weighted by atomic mass is 10.0. The molecule has 9 heteroatoms. The molecule has 4 heterocycles. The van der Waals surface area contributed by atoms with Crippen LogP contribution in [0.4, 0.5) is 4.39 Å². The van der Waals surface area contributed by atoms with Gasteiger partial charge in [0.15, 0.2) is 0 Å². The maximum Gasteiger partial charge on any atom is 0.124 e. The van der Waals surface area contributed by atoms with Crippen LogP contribution in [0, 0.1) is 12.7 Å². The van der Waals surface area contributed by atoms with E-state index in [4.69, 9.17) is 0 Å². The van der Waals surface area contributed by atoms with Crippen LogP contribution in [-0.4, -0.2) is 47.7 Å². The Kier molecular flexibility index (Phi) is 6.88. The number of halogens is 1. The van der Waals surface area contributed by atoms with Gasteiger partial charge in [-0.25, -0.2) is 9.37 Å². The van der Waals surface area contributed by atoms with Crippen LogP contribution >= 0.6 is 9.39 Å². The summed E-state index contributed by atoms with van der Waals surface area (Å²) in [6, 6.07) is 8.86. The molecular weight excluding hydrogens is 509 g/mol. The second-order valence-electron chi connectivity index (χ2n) is 9.98. The first-order valence-corrected chi connectivity index (χ1v) is 14.8. The van der Waals surface area contributed by atoms with Gasteiger partial charge in [-0.2, -0.15) is 14.5 Å². The molecule has 39 heavy (non-hydrogen) atoms. The standard InChI is InChI=1S/C30H32FN7S/c1-18(28-17-33-20(3)38(28)4)8-9-25-19(2)29(37-36-25)27-15-24-26(35-27)10-11-32-30(24)22-12-21(13-23(31)14-22)16-34-39(5,6)7/h8-15,17,34-36H,2,5-6,16H2,1,3-4,7H3/b18-8+,25-9+. The maximum absolute atomic E-state index is 14.6. The van der Waals surface area contributed by atoms with E-state index >= 15 is 0 Å². The van der Waals surface area contributed by atoms with Gasteiger partial charge in [0.1, 0.15) is 17.3 Å². The van der Waals surface area contributed by atoms with Crippen LogP contribution in [0.5, 0.6) is 0 Å². The molecule has 3 N–H and O–H groups in total. The van der Waals surface area contributed by atoms with E-state index in [1.165, 1.54) is 12.1 Å². The average Bonchev–Trinajstić information content (AvgIpc) is 3.57. The van der Waals surface area contributed by atoms with Crippen LogP contribution in [0.3, 0.4) is 0 Å². The lowest BCUT2D eigenvalue weighted by molar-refractivity contribution is 0.625. The second kappa shape index (κ2) is 10.2. The Balaban J connectivity index is 1.51. The van der Waals surface area contributed by atoms with Crippen molar-refractivity contribution in [2.45, 2.75) is 20.4 Å². The summed E-state index contributed by atoms with van der Waals surface area (Å²) in [6.45, 7) is 8.77. The molecule has 0 saturated carbocycles. The lowest BCUT2D eigenvalue weighted by Gasteiger charge is -2.12. The van der Waals surface area contributed by atoms with E-state index in [1.807, 2.05) is 63.7 Å². The number of rotatable bonds is 7.